The molecule has 6 heteroatoms. The molecule has 2 aromatic heterocycles. The zero-order valence-electron chi connectivity index (χ0n) is 11.2. The standard InChI is InChI=1S/C15H13Cl2N3O/c16-13-7-10(8-14(17)19-13)15(21)20(12-4-5-12)9-11-3-1-2-6-18-11/h1-3,6-8,12H,4-5,9H2. The minimum atomic E-state index is -0.0886. The van der Waals surface area contributed by atoms with Gasteiger partial charge in [-0.3, -0.25) is 9.78 Å². The Bertz CT molecular complexity index is 639. The van der Waals surface area contributed by atoms with E-state index >= 15 is 0 Å². The summed E-state index contributed by atoms with van der Waals surface area (Å²) >= 11 is 11.8. The molecule has 3 rings (SSSR count). The number of pyridine rings is 2. The first-order valence-electron chi connectivity index (χ1n) is 6.67. The average molecular weight is 322 g/mol. The van der Waals surface area contributed by atoms with Crippen molar-refractivity contribution in [3.05, 3.63) is 58.1 Å². The Kier molecular flexibility index (Phi) is 4.08. The summed E-state index contributed by atoms with van der Waals surface area (Å²) in [5, 5.41) is 0.443. The normalized spacial score (nSPS) is 14.0. The number of aromatic nitrogens is 2. The third-order valence-electron chi connectivity index (χ3n) is 3.32. The number of hydrogen-bond donors (Lipinski definition) is 0. The van der Waals surface area contributed by atoms with Crippen molar-refractivity contribution in [3.8, 4) is 0 Å². The monoisotopic (exact) mass is 321 g/mol. The predicted molar refractivity (Wildman–Crippen MR) is 81.4 cm³/mol. The maximum atomic E-state index is 12.7. The Morgan fingerprint density at radius 3 is 2.52 bits per heavy atom. The molecule has 0 N–H and O–H groups in total. The third-order valence-corrected chi connectivity index (χ3v) is 3.70. The highest BCUT2D eigenvalue weighted by Gasteiger charge is 2.33. The van der Waals surface area contributed by atoms with Gasteiger partial charge < -0.3 is 4.90 Å². The second-order valence-electron chi connectivity index (χ2n) is 4.99. The summed E-state index contributed by atoms with van der Waals surface area (Å²) in [5.41, 5.74) is 1.33. The Labute approximate surface area is 132 Å². The van der Waals surface area contributed by atoms with Crippen molar-refractivity contribution in [2.24, 2.45) is 0 Å². The maximum Gasteiger partial charge on any atom is 0.254 e. The lowest BCUT2D eigenvalue weighted by Crippen LogP contribution is -2.33. The first-order valence-corrected chi connectivity index (χ1v) is 7.43. The molecule has 21 heavy (non-hydrogen) atoms. The smallest absolute Gasteiger partial charge is 0.254 e. The van der Waals surface area contributed by atoms with Crippen LogP contribution in [0, 0.1) is 0 Å². The molecule has 0 saturated heterocycles. The quantitative estimate of drug-likeness (QED) is 0.808. The zero-order chi connectivity index (χ0) is 14.8. The lowest BCUT2D eigenvalue weighted by atomic mass is 10.2. The first-order chi connectivity index (χ1) is 10.1. The van der Waals surface area contributed by atoms with Crippen molar-refractivity contribution in [2.75, 3.05) is 0 Å². The van der Waals surface area contributed by atoms with E-state index in [0.717, 1.165) is 18.5 Å². The molecule has 4 nitrogen and oxygen atoms in total. The van der Waals surface area contributed by atoms with Gasteiger partial charge in [0.1, 0.15) is 10.3 Å². The van der Waals surface area contributed by atoms with Crippen molar-refractivity contribution in [1.29, 1.82) is 0 Å². The lowest BCUT2D eigenvalue weighted by molar-refractivity contribution is 0.0727. The van der Waals surface area contributed by atoms with Crippen molar-refractivity contribution in [2.45, 2.75) is 25.4 Å². The van der Waals surface area contributed by atoms with Crippen LogP contribution in [0.1, 0.15) is 28.9 Å². The molecule has 0 aromatic carbocycles. The van der Waals surface area contributed by atoms with Crippen molar-refractivity contribution < 1.29 is 4.79 Å². The first kappa shape index (κ1) is 14.3. The third kappa shape index (κ3) is 3.52. The summed E-state index contributed by atoms with van der Waals surface area (Å²) in [6.45, 7) is 0.488. The van der Waals surface area contributed by atoms with Gasteiger partial charge in [-0.2, -0.15) is 0 Å². The van der Waals surface area contributed by atoms with Crippen LogP contribution in [0.3, 0.4) is 0 Å². The maximum absolute atomic E-state index is 12.7. The molecular weight excluding hydrogens is 309 g/mol. The number of rotatable bonds is 4. The molecule has 1 aliphatic carbocycles. The van der Waals surface area contributed by atoms with Gasteiger partial charge in [0.15, 0.2) is 0 Å². The topological polar surface area (TPSA) is 46.1 Å². The molecule has 1 amide bonds. The van der Waals surface area contributed by atoms with Gasteiger partial charge in [0.2, 0.25) is 0 Å². The van der Waals surface area contributed by atoms with Crippen LogP contribution < -0.4 is 0 Å². The Balaban J connectivity index is 1.85. The number of amides is 1. The minimum Gasteiger partial charge on any atom is -0.330 e. The molecule has 2 heterocycles. The molecule has 0 bridgehead atoms. The van der Waals surface area contributed by atoms with Gasteiger partial charge in [0.05, 0.1) is 12.2 Å². The highest BCUT2D eigenvalue weighted by molar-refractivity contribution is 6.33. The molecule has 0 aliphatic heterocycles. The SMILES string of the molecule is O=C(c1cc(Cl)nc(Cl)c1)N(Cc1ccccn1)C1CC1. The Hall–Kier alpha value is -1.65. The Morgan fingerprint density at radius 2 is 1.95 bits per heavy atom. The van der Waals surface area contributed by atoms with Crippen LogP contribution in [0.15, 0.2) is 36.5 Å². The number of halogens is 2. The van der Waals surface area contributed by atoms with Gasteiger partial charge in [0.25, 0.3) is 5.91 Å². The van der Waals surface area contributed by atoms with E-state index in [9.17, 15) is 4.79 Å². The fraction of sp³-hybridized carbons (Fsp3) is 0.267. The van der Waals surface area contributed by atoms with E-state index in [1.165, 1.54) is 0 Å². The molecular formula is C15H13Cl2N3O. The van der Waals surface area contributed by atoms with Gasteiger partial charge >= 0.3 is 0 Å². The molecule has 108 valence electrons. The van der Waals surface area contributed by atoms with Gasteiger partial charge in [-0.1, -0.05) is 29.3 Å². The van der Waals surface area contributed by atoms with Gasteiger partial charge in [0, 0.05) is 17.8 Å². The number of carbonyl (C=O) groups is 1. The van der Waals surface area contributed by atoms with Crippen LogP contribution in [0.4, 0.5) is 0 Å². The molecule has 0 spiro atoms. The van der Waals surface area contributed by atoms with Crippen molar-refractivity contribution in [3.63, 3.8) is 0 Å². The van der Waals surface area contributed by atoms with E-state index in [-0.39, 0.29) is 22.3 Å². The molecule has 0 atom stereocenters. The molecule has 1 saturated carbocycles. The summed E-state index contributed by atoms with van der Waals surface area (Å²) in [5.74, 6) is -0.0886. The van der Waals surface area contributed by atoms with Crippen LogP contribution in [0.25, 0.3) is 0 Å². The summed E-state index contributed by atoms with van der Waals surface area (Å²) in [6, 6.07) is 9.04. The van der Waals surface area contributed by atoms with Crippen LogP contribution in [0.2, 0.25) is 10.3 Å². The van der Waals surface area contributed by atoms with Crippen LogP contribution in [-0.2, 0) is 6.54 Å². The number of hydrogen-bond acceptors (Lipinski definition) is 3. The second kappa shape index (κ2) is 6.00. The largest absolute Gasteiger partial charge is 0.330 e. The number of nitrogens with zero attached hydrogens (tertiary/aromatic N) is 3. The van der Waals surface area contributed by atoms with E-state index in [4.69, 9.17) is 23.2 Å². The van der Waals surface area contributed by atoms with E-state index in [0.29, 0.717) is 12.1 Å². The second-order valence-corrected chi connectivity index (χ2v) is 5.76. The molecule has 1 aliphatic rings. The average Bonchev–Trinajstić information content (AvgIpc) is 3.29. The number of carbonyl (C=O) groups excluding carboxylic acids is 1. The molecule has 0 radical (unpaired) electrons. The fourth-order valence-electron chi connectivity index (χ4n) is 2.17. The van der Waals surface area contributed by atoms with E-state index in [1.54, 1.807) is 18.3 Å². The summed E-state index contributed by atoms with van der Waals surface area (Å²) < 4.78 is 0. The van der Waals surface area contributed by atoms with Crippen LogP contribution in [0.5, 0.6) is 0 Å². The molecule has 0 unspecified atom stereocenters. The van der Waals surface area contributed by atoms with Crippen molar-refractivity contribution in [1.82, 2.24) is 14.9 Å². The van der Waals surface area contributed by atoms with Gasteiger partial charge in [-0.25, -0.2) is 4.98 Å². The Morgan fingerprint density at radius 1 is 1.24 bits per heavy atom. The van der Waals surface area contributed by atoms with Crippen molar-refractivity contribution >= 4 is 29.1 Å². The van der Waals surface area contributed by atoms with Crippen LogP contribution in [-0.4, -0.2) is 26.8 Å². The van der Waals surface area contributed by atoms with E-state index < -0.39 is 0 Å². The van der Waals surface area contributed by atoms with Gasteiger partial charge in [-0.15, -0.1) is 0 Å². The van der Waals surface area contributed by atoms with E-state index in [2.05, 4.69) is 9.97 Å². The fourth-order valence-corrected chi connectivity index (χ4v) is 2.63. The lowest BCUT2D eigenvalue weighted by Gasteiger charge is -2.22. The highest BCUT2D eigenvalue weighted by atomic mass is 35.5. The minimum absolute atomic E-state index is 0.0886. The zero-order valence-corrected chi connectivity index (χ0v) is 12.7. The van der Waals surface area contributed by atoms with E-state index in [1.807, 2.05) is 23.1 Å². The molecule has 1 fully saturated rings. The summed E-state index contributed by atoms with van der Waals surface area (Å²) in [6.07, 6.45) is 3.77. The van der Waals surface area contributed by atoms with Gasteiger partial charge in [-0.05, 0) is 37.1 Å². The molecule has 2 aromatic rings. The van der Waals surface area contributed by atoms with Crippen LogP contribution >= 0.6 is 23.2 Å². The summed E-state index contributed by atoms with van der Waals surface area (Å²) in [7, 11) is 0. The highest BCUT2D eigenvalue weighted by Crippen LogP contribution is 2.30. The predicted octanol–water partition coefficient (Wildman–Crippen LogP) is 3.59. The summed E-state index contributed by atoms with van der Waals surface area (Å²) in [4.78, 5) is 22.7.